The van der Waals surface area contributed by atoms with Gasteiger partial charge in [-0.15, -0.1) is 11.3 Å². The standard InChI is InChI=1S/C5H6S.C4H10.C2H6/c1-5-3-2-4-6-5;1-3-4-2;1-2/h2-4H,1H3;3-4H2,1-2H3;1-2H3. The molecule has 0 aliphatic rings. The summed E-state index contributed by atoms with van der Waals surface area (Å²) in [5.74, 6) is 0. The number of unbranched alkanes of at least 4 members (excludes halogenated alkanes) is 1. The van der Waals surface area contributed by atoms with Crippen LogP contribution in [0.1, 0.15) is 45.4 Å². The molecule has 0 unspecified atom stereocenters. The zero-order chi connectivity index (χ0) is 9.82. The zero-order valence-electron chi connectivity index (χ0n) is 9.05. The first-order valence-electron chi connectivity index (χ1n) is 4.81. The van der Waals surface area contributed by atoms with Crippen molar-refractivity contribution in [2.45, 2.75) is 47.5 Å². The fourth-order valence-corrected chi connectivity index (χ4v) is 0.890. The number of hydrogen-bond acceptors (Lipinski definition) is 1. The van der Waals surface area contributed by atoms with Gasteiger partial charge in [-0.1, -0.05) is 46.6 Å². The predicted molar refractivity (Wildman–Crippen MR) is 61.0 cm³/mol. The van der Waals surface area contributed by atoms with E-state index in [0.717, 1.165) is 0 Å². The minimum atomic E-state index is 1.32. The van der Waals surface area contributed by atoms with E-state index in [9.17, 15) is 0 Å². The van der Waals surface area contributed by atoms with Gasteiger partial charge in [0.25, 0.3) is 0 Å². The van der Waals surface area contributed by atoms with Crippen molar-refractivity contribution in [3.05, 3.63) is 22.4 Å². The molecule has 72 valence electrons. The van der Waals surface area contributed by atoms with Crippen molar-refractivity contribution in [3.8, 4) is 0 Å². The lowest BCUT2D eigenvalue weighted by Crippen LogP contribution is -1.47. The lowest BCUT2D eigenvalue weighted by molar-refractivity contribution is 0.886. The highest BCUT2D eigenvalue weighted by Gasteiger charge is 1.74. The molecule has 12 heavy (non-hydrogen) atoms. The van der Waals surface area contributed by atoms with Gasteiger partial charge in [0.05, 0.1) is 0 Å². The summed E-state index contributed by atoms with van der Waals surface area (Å²) < 4.78 is 0. The molecule has 0 radical (unpaired) electrons. The van der Waals surface area contributed by atoms with E-state index in [1.54, 1.807) is 11.3 Å². The molecule has 0 spiro atoms. The fraction of sp³-hybridized carbons (Fsp3) is 0.636. The highest BCUT2D eigenvalue weighted by atomic mass is 32.1. The van der Waals surface area contributed by atoms with Crippen molar-refractivity contribution in [2.24, 2.45) is 0 Å². The van der Waals surface area contributed by atoms with E-state index in [0.29, 0.717) is 0 Å². The largest absolute Gasteiger partial charge is 0.149 e. The van der Waals surface area contributed by atoms with Gasteiger partial charge in [0.1, 0.15) is 0 Å². The Morgan fingerprint density at radius 2 is 1.67 bits per heavy atom. The van der Waals surface area contributed by atoms with Crippen LogP contribution in [0.4, 0.5) is 0 Å². The molecule has 0 amide bonds. The second-order valence-electron chi connectivity index (χ2n) is 2.22. The first-order chi connectivity index (χ1) is 5.81. The Morgan fingerprint density at radius 1 is 1.17 bits per heavy atom. The summed E-state index contributed by atoms with van der Waals surface area (Å²) in [6, 6.07) is 4.16. The predicted octanol–water partition coefficient (Wildman–Crippen LogP) is 4.89. The smallest absolute Gasteiger partial charge is 0.00141 e. The monoisotopic (exact) mass is 186 g/mol. The molecule has 1 heterocycles. The van der Waals surface area contributed by atoms with E-state index in [4.69, 9.17) is 0 Å². The third-order valence-corrected chi connectivity index (χ3v) is 1.96. The second kappa shape index (κ2) is 13.3. The van der Waals surface area contributed by atoms with E-state index in [2.05, 4.69) is 38.3 Å². The van der Waals surface area contributed by atoms with Gasteiger partial charge >= 0.3 is 0 Å². The maximum absolute atomic E-state index is 2.18. The van der Waals surface area contributed by atoms with Crippen LogP contribution in [0.25, 0.3) is 0 Å². The molecule has 1 aromatic heterocycles. The molecular formula is C11H22S. The average molecular weight is 186 g/mol. The van der Waals surface area contributed by atoms with E-state index < -0.39 is 0 Å². The third kappa shape index (κ3) is 12.4. The van der Waals surface area contributed by atoms with Crippen LogP contribution in [-0.2, 0) is 0 Å². The molecular weight excluding hydrogens is 164 g/mol. The first-order valence-corrected chi connectivity index (χ1v) is 5.69. The van der Waals surface area contributed by atoms with Crippen molar-refractivity contribution in [3.63, 3.8) is 0 Å². The van der Waals surface area contributed by atoms with E-state index >= 15 is 0 Å². The second-order valence-corrected chi connectivity index (χ2v) is 3.38. The highest BCUT2D eigenvalue weighted by molar-refractivity contribution is 7.09. The van der Waals surface area contributed by atoms with Crippen LogP contribution in [0.3, 0.4) is 0 Å². The molecule has 0 aliphatic heterocycles. The Labute approximate surface area is 81.6 Å². The van der Waals surface area contributed by atoms with E-state index in [1.807, 2.05) is 13.8 Å². The highest BCUT2D eigenvalue weighted by Crippen LogP contribution is 2.03. The molecule has 1 heteroatoms. The summed E-state index contributed by atoms with van der Waals surface area (Å²) >= 11 is 1.78. The summed E-state index contributed by atoms with van der Waals surface area (Å²) in [4.78, 5) is 1.38. The summed E-state index contributed by atoms with van der Waals surface area (Å²) in [6.45, 7) is 10.5. The van der Waals surface area contributed by atoms with Crippen molar-refractivity contribution in [2.75, 3.05) is 0 Å². The molecule has 1 rings (SSSR count). The van der Waals surface area contributed by atoms with Gasteiger partial charge in [-0.25, -0.2) is 0 Å². The average Bonchev–Trinajstić information content (AvgIpc) is 2.60. The summed E-state index contributed by atoms with van der Waals surface area (Å²) in [5.41, 5.74) is 0. The molecule has 0 saturated carbocycles. The molecule has 0 N–H and O–H groups in total. The minimum absolute atomic E-state index is 1.32. The van der Waals surface area contributed by atoms with E-state index in [1.165, 1.54) is 17.7 Å². The Bertz CT molecular complexity index is 129. The molecule has 1 aromatic rings. The molecule has 0 aromatic carbocycles. The Morgan fingerprint density at radius 3 is 1.75 bits per heavy atom. The zero-order valence-corrected chi connectivity index (χ0v) is 9.87. The molecule has 0 nitrogen and oxygen atoms in total. The maximum atomic E-state index is 2.18. The normalized spacial score (nSPS) is 7.42. The fourth-order valence-electron chi connectivity index (χ4n) is 0.361. The van der Waals surface area contributed by atoms with E-state index in [-0.39, 0.29) is 0 Å². The molecule has 0 aliphatic carbocycles. The SMILES string of the molecule is CC.CCCC.Cc1cccs1. The van der Waals surface area contributed by atoms with Crippen LogP contribution >= 0.6 is 11.3 Å². The maximum Gasteiger partial charge on any atom is 0.00141 e. The van der Waals surface area contributed by atoms with Gasteiger partial charge in [-0.2, -0.15) is 0 Å². The van der Waals surface area contributed by atoms with Gasteiger partial charge in [0.15, 0.2) is 0 Å². The van der Waals surface area contributed by atoms with Crippen molar-refractivity contribution in [1.82, 2.24) is 0 Å². The van der Waals surface area contributed by atoms with Gasteiger partial charge in [0.2, 0.25) is 0 Å². The van der Waals surface area contributed by atoms with Crippen molar-refractivity contribution >= 4 is 11.3 Å². The van der Waals surface area contributed by atoms with Crippen LogP contribution in [0.5, 0.6) is 0 Å². The number of aryl methyl sites for hydroxylation is 1. The van der Waals surface area contributed by atoms with Gasteiger partial charge < -0.3 is 0 Å². The van der Waals surface area contributed by atoms with Crippen LogP contribution in [0, 0.1) is 6.92 Å². The third-order valence-electron chi connectivity index (χ3n) is 1.16. The lowest BCUT2D eigenvalue weighted by atomic mass is 10.4. The number of hydrogen-bond donors (Lipinski definition) is 0. The van der Waals surface area contributed by atoms with Gasteiger partial charge in [-0.3, -0.25) is 0 Å². The first kappa shape index (κ1) is 14.2. The van der Waals surface area contributed by atoms with Crippen LogP contribution in [-0.4, -0.2) is 0 Å². The molecule has 0 fully saturated rings. The van der Waals surface area contributed by atoms with Crippen LogP contribution in [0.15, 0.2) is 17.5 Å². The number of thiophene rings is 1. The van der Waals surface area contributed by atoms with Gasteiger partial charge in [-0.05, 0) is 18.4 Å². The minimum Gasteiger partial charge on any atom is -0.149 e. The molecule has 0 atom stereocenters. The quantitative estimate of drug-likeness (QED) is 0.586. The molecule has 0 saturated heterocycles. The van der Waals surface area contributed by atoms with Crippen molar-refractivity contribution < 1.29 is 0 Å². The summed E-state index contributed by atoms with van der Waals surface area (Å²) in [6.07, 6.45) is 2.64. The Balaban J connectivity index is 0. The van der Waals surface area contributed by atoms with Crippen LogP contribution in [0.2, 0.25) is 0 Å². The van der Waals surface area contributed by atoms with Gasteiger partial charge in [0, 0.05) is 4.88 Å². The lowest BCUT2D eigenvalue weighted by Gasteiger charge is -1.68. The van der Waals surface area contributed by atoms with Crippen molar-refractivity contribution in [1.29, 1.82) is 0 Å². The Kier molecular flexibility index (Phi) is 15.8. The Hall–Kier alpha value is -0.300. The molecule has 0 bridgehead atoms. The number of rotatable bonds is 1. The summed E-state index contributed by atoms with van der Waals surface area (Å²) in [5, 5.41) is 2.08. The summed E-state index contributed by atoms with van der Waals surface area (Å²) in [7, 11) is 0. The topological polar surface area (TPSA) is 0 Å². The van der Waals surface area contributed by atoms with Crippen LogP contribution < -0.4 is 0 Å².